The van der Waals surface area contributed by atoms with Crippen molar-refractivity contribution in [2.45, 2.75) is 12.5 Å². The number of hydrogen-bond donors (Lipinski definition) is 2. The molecule has 0 saturated heterocycles. The fourth-order valence-corrected chi connectivity index (χ4v) is 2.42. The zero-order valence-electron chi connectivity index (χ0n) is 8.47. The van der Waals surface area contributed by atoms with Gasteiger partial charge in [0.25, 0.3) is 0 Å². The number of carbonyl (C=O) groups is 1. The first kappa shape index (κ1) is 14.5. The average molecular weight is 253 g/mol. The monoisotopic (exact) mass is 253 g/mol. The molecule has 0 radical (unpaired) electrons. The molecule has 0 rings (SSSR count). The quantitative estimate of drug-likeness (QED) is 0.608. The van der Waals surface area contributed by atoms with Crippen molar-refractivity contribution in [1.82, 2.24) is 4.72 Å². The molecule has 0 aromatic heterocycles. The zero-order valence-corrected chi connectivity index (χ0v) is 10.1. The van der Waals surface area contributed by atoms with Crippen LogP contribution in [0.1, 0.15) is 6.42 Å². The summed E-state index contributed by atoms with van der Waals surface area (Å²) in [5.41, 5.74) is 0. The molecule has 0 aromatic rings. The van der Waals surface area contributed by atoms with Gasteiger partial charge in [0.15, 0.2) is 0 Å². The van der Waals surface area contributed by atoms with Gasteiger partial charge in [0.2, 0.25) is 10.0 Å². The van der Waals surface area contributed by atoms with E-state index in [9.17, 15) is 13.2 Å². The zero-order chi connectivity index (χ0) is 11.9. The van der Waals surface area contributed by atoms with Crippen LogP contribution in [0.5, 0.6) is 0 Å². The van der Waals surface area contributed by atoms with E-state index in [1.165, 1.54) is 17.8 Å². The average Bonchev–Trinajstić information content (AvgIpc) is 2.11. The van der Waals surface area contributed by atoms with Gasteiger partial charge in [-0.25, -0.2) is 13.1 Å². The van der Waals surface area contributed by atoms with Crippen LogP contribution < -0.4 is 4.72 Å². The van der Waals surface area contributed by atoms with E-state index in [0.717, 1.165) is 0 Å². The maximum absolute atomic E-state index is 11.3. The highest BCUT2D eigenvalue weighted by atomic mass is 32.2. The minimum absolute atomic E-state index is 0.268. The lowest BCUT2D eigenvalue weighted by Crippen LogP contribution is -2.41. The Balaban J connectivity index is 4.40. The molecule has 0 unspecified atom stereocenters. The number of hydrogen-bond acceptors (Lipinski definition) is 4. The molecule has 1 atom stereocenters. The number of carboxylic acid groups (broad SMARTS) is 1. The molecular weight excluding hydrogens is 238 g/mol. The summed E-state index contributed by atoms with van der Waals surface area (Å²) in [6.45, 7) is 3.29. The summed E-state index contributed by atoms with van der Waals surface area (Å²) in [5.74, 6) is -0.833. The van der Waals surface area contributed by atoms with E-state index in [1.54, 1.807) is 0 Å². The van der Waals surface area contributed by atoms with Crippen molar-refractivity contribution < 1.29 is 18.3 Å². The molecule has 0 fully saturated rings. The Labute approximate surface area is 94.0 Å². The molecule has 7 heteroatoms. The first-order chi connectivity index (χ1) is 6.93. The highest BCUT2D eigenvalue weighted by molar-refractivity contribution is 7.98. The van der Waals surface area contributed by atoms with Gasteiger partial charge in [0.1, 0.15) is 6.04 Å². The number of sulfonamides is 1. The second-order valence-corrected chi connectivity index (χ2v) is 5.64. The van der Waals surface area contributed by atoms with Crippen molar-refractivity contribution in [2.24, 2.45) is 0 Å². The number of carboxylic acids is 1. The van der Waals surface area contributed by atoms with Gasteiger partial charge in [-0.15, -0.1) is 6.58 Å². The van der Waals surface area contributed by atoms with Crippen molar-refractivity contribution in [1.29, 1.82) is 0 Å². The van der Waals surface area contributed by atoms with Crippen molar-refractivity contribution in [3.05, 3.63) is 12.7 Å². The molecule has 2 N–H and O–H groups in total. The van der Waals surface area contributed by atoms with Crippen LogP contribution in [0, 0.1) is 0 Å². The minimum atomic E-state index is -3.56. The van der Waals surface area contributed by atoms with Crippen LogP contribution in [-0.4, -0.2) is 43.3 Å². The lowest BCUT2D eigenvalue weighted by Gasteiger charge is -2.13. The summed E-state index contributed by atoms with van der Waals surface area (Å²) in [4.78, 5) is 10.7. The molecular formula is C8H15NO4S2. The molecule has 5 nitrogen and oxygen atoms in total. The lowest BCUT2D eigenvalue weighted by molar-refractivity contribution is -0.139. The molecule has 15 heavy (non-hydrogen) atoms. The summed E-state index contributed by atoms with van der Waals surface area (Å²) in [5, 5.41) is 8.77. The standard InChI is InChI=1S/C8H15NO4S2/c1-3-6-15(12,13)9-7(8(10)11)4-5-14-2/h3,7,9H,1,4-6H2,2H3,(H,10,11)/t7-/m1/s1. The maximum atomic E-state index is 11.3. The van der Waals surface area contributed by atoms with Gasteiger partial charge in [-0.1, -0.05) is 6.08 Å². The minimum Gasteiger partial charge on any atom is -0.480 e. The van der Waals surface area contributed by atoms with Gasteiger partial charge >= 0.3 is 5.97 Å². The van der Waals surface area contributed by atoms with Crippen LogP contribution in [-0.2, 0) is 14.8 Å². The van der Waals surface area contributed by atoms with Crippen molar-refractivity contribution in [3.63, 3.8) is 0 Å². The van der Waals surface area contributed by atoms with Crippen molar-refractivity contribution >= 4 is 27.8 Å². The van der Waals surface area contributed by atoms with Crippen molar-refractivity contribution in [3.8, 4) is 0 Å². The predicted molar refractivity (Wildman–Crippen MR) is 61.5 cm³/mol. The smallest absolute Gasteiger partial charge is 0.321 e. The maximum Gasteiger partial charge on any atom is 0.321 e. The lowest BCUT2D eigenvalue weighted by atomic mass is 10.2. The Hall–Kier alpha value is -0.530. The van der Waals surface area contributed by atoms with Crippen LogP contribution in [0.15, 0.2) is 12.7 Å². The number of aliphatic carboxylic acids is 1. The number of rotatable bonds is 8. The van der Waals surface area contributed by atoms with Crippen LogP contribution in [0.3, 0.4) is 0 Å². The van der Waals surface area contributed by atoms with Crippen LogP contribution >= 0.6 is 11.8 Å². The molecule has 0 saturated carbocycles. The SMILES string of the molecule is C=CCS(=O)(=O)N[C@H](CCSC)C(=O)O. The highest BCUT2D eigenvalue weighted by Gasteiger charge is 2.22. The predicted octanol–water partition coefficient (Wildman–Crippen LogP) is 0.298. The number of thioether (sulfide) groups is 1. The Morgan fingerprint density at radius 3 is 2.67 bits per heavy atom. The third kappa shape index (κ3) is 6.53. The first-order valence-electron chi connectivity index (χ1n) is 4.25. The van der Waals surface area contributed by atoms with E-state index in [2.05, 4.69) is 11.3 Å². The van der Waals surface area contributed by atoms with Gasteiger partial charge in [-0.3, -0.25) is 4.79 Å². The highest BCUT2D eigenvalue weighted by Crippen LogP contribution is 2.02. The molecule has 0 bridgehead atoms. The largest absolute Gasteiger partial charge is 0.480 e. The van der Waals surface area contributed by atoms with Gasteiger partial charge in [-0.2, -0.15) is 11.8 Å². The molecule has 0 heterocycles. The second kappa shape index (κ2) is 6.86. The van der Waals surface area contributed by atoms with Crippen molar-refractivity contribution in [2.75, 3.05) is 17.8 Å². The van der Waals surface area contributed by atoms with Crippen LogP contribution in [0.25, 0.3) is 0 Å². The van der Waals surface area contributed by atoms with Crippen LogP contribution in [0.2, 0.25) is 0 Å². The van der Waals surface area contributed by atoms with Gasteiger partial charge in [0.05, 0.1) is 5.75 Å². The fourth-order valence-electron chi connectivity index (χ4n) is 0.889. The third-order valence-corrected chi connectivity index (χ3v) is 3.53. The summed E-state index contributed by atoms with van der Waals surface area (Å²) < 4.78 is 24.6. The van der Waals surface area contributed by atoms with Gasteiger partial charge in [-0.05, 0) is 18.4 Å². The summed E-state index contributed by atoms with van der Waals surface area (Å²) in [6, 6.07) is -1.05. The Morgan fingerprint density at radius 2 is 2.27 bits per heavy atom. The Morgan fingerprint density at radius 1 is 1.67 bits per heavy atom. The van der Waals surface area contributed by atoms with E-state index in [0.29, 0.717) is 5.75 Å². The summed E-state index contributed by atoms with van der Waals surface area (Å²) in [7, 11) is -3.56. The third-order valence-electron chi connectivity index (χ3n) is 1.57. The van der Waals surface area contributed by atoms with Crippen LogP contribution in [0.4, 0.5) is 0 Å². The molecule has 0 aliphatic heterocycles. The van der Waals surface area contributed by atoms with E-state index in [-0.39, 0.29) is 12.2 Å². The van der Waals surface area contributed by atoms with Gasteiger partial charge < -0.3 is 5.11 Å². The summed E-state index contributed by atoms with van der Waals surface area (Å²) >= 11 is 1.47. The molecule has 0 aromatic carbocycles. The fraction of sp³-hybridized carbons (Fsp3) is 0.625. The molecule has 88 valence electrons. The normalized spacial score (nSPS) is 13.4. The van der Waals surface area contributed by atoms with E-state index < -0.39 is 22.0 Å². The molecule has 0 spiro atoms. The first-order valence-corrected chi connectivity index (χ1v) is 7.30. The van der Waals surface area contributed by atoms with Gasteiger partial charge in [0, 0.05) is 0 Å². The number of nitrogens with one attached hydrogen (secondary N) is 1. The van der Waals surface area contributed by atoms with E-state index >= 15 is 0 Å². The Bertz CT molecular complexity index is 313. The summed E-state index contributed by atoms with van der Waals surface area (Å²) in [6.07, 6.45) is 3.32. The Kier molecular flexibility index (Phi) is 6.62. The molecule has 0 amide bonds. The van der Waals surface area contributed by atoms with E-state index in [1.807, 2.05) is 6.26 Å². The topological polar surface area (TPSA) is 83.5 Å². The van der Waals surface area contributed by atoms with E-state index in [4.69, 9.17) is 5.11 Å². The second-order valence-electron chi connectivity index (χ2n) is 2.86. The molecule has 0 aliphatic carbocycles. The molecule has 0 aliphatic rings.